The molecule has 1 saturated heterocycles. The molecule has 0 bridgehead atoms. The van der Waals surface area contributed by atoms with Crippen molar-refractivity contribution in [3.05, 3.63) is 41.1 Å². The molecule has 0 unspecified atom stereocenters. The molecule has 0 radical (unpaired) electrons. The predicted octanol–water partition coefficient (Wildman–Crippen LogP) is 2.00. The largest absolute Gasteiger partial charge is 0.468 e. The lowest BCUT2D eigenvalue weighted by Gasteiger charge is -2.30. The third-order valence-corrected chi connectivity index (χ3v) is 6.50. The van der Waals surface area contributed by atoms with Crippen LogP contribution >= 0.6 is 11.8 Å². The summed E-state index contributed by atoms with van der Waals surface area (Å²) in [6.07, 6.45) is 2.59. The van der Waals surface area contributed by atoms with E-state index in [2.05, 4.69) is 4.98 Å². The lowest BCUT2D eigenvalue weighted by atomic mass is 10.0. The molecular formula is C21H22N2O5S. The Morgan fingerprint density at radius 2 is 2.07 bits per heavy atom. The molecule has 0 spiro atoms. The summed E-state index contributed by atoms with van der Waals surface area (Å²) >= 11 is 1.47. The van der Waals surface area contributed by atoms with Gasteiger partial charge < -0.3 is 14.4 Å². The maximum atomic E-state index is 12.9. The predicted molar refractivity (Wildman–Crippen MR) is 109 cm³/mol. The second kappa shape index (κ2) is 8.41. The Kier molecular flexibility index (Phi) is 5.71. The summed E-state index contributed by atoms with van der Waals surface area (Å²) in [6.45, 7) is 0.437. The van der Waals surface area contributed by atoms with E-state index in [1.165, 1.54) is 18.9 Å². The normalized spacial score (nSPS) is 18.4. The van der Waals surface area contributed by atoms with E-state index in [-0.39, 0.29) is 25.0 Å². The molecule has 1 aliphatic carbocycles. The molecular weight excluding hydrogens is 392 g/mol. The molecule has 1 atom stereocenters. The third-order valence-electron chi connectivity index (χ3n) is 5.33. The Balaban J connectivity index is 1.48. The van der Waals surface area contributed by atoms with Gasteiger partial charge in [0.1, 0.15) is 5.25 Å². The number of aromatic nitrogens is 1. The third kappa shape index (κ3) is 3.94. The van der Waals surface area contributed by atoms with Crippen LogP contribution in [0.2, 0.25) is 0 Å². The standard InChI is InChI=1S/C21H22N2O5S/c1-27-20(25)17-11-23(9-10-29-17)18(24)12-28-21(26)19-13-5-2-3-7-15(13)22-16-8-4-6-14(16)19/h2-3,5,7,17H,4,6,8-12H2,1H3/t17-/m0/s1. The number of hydrogen-bond donors (Lipinski definition) is 0. The van der Waals surface area contributed by atoms with Crippen LogP contribution in [0.4, 0.5) is 0 Å². The minimum absolute atomic E-state index is 0.265. The number of carbonyl (C=O) groups excluding carboxylic acids is 3. The highest BCUT2D eigenvalue weighted by Gasteiger charge is 2.31. The van der Waals surface area contributed by atoms with Gasteiger partial charge in [0.15, 0.2) is 6.61 Å². The lowest BCUT2D eigenvalue weighted by molar-refractivity contribution is -0.141. The highest BCUT2D eigenvalue weighted by Crippen LogP contribution is 2.30. The molecule has 7 nitrogen and oxygen atoms in total. The van der Waals surface area contributed by atoms with Gasteiger partial charge in [-0.3, -0.25) is 14.6 Å². The summed E-state index contributed by atoms with van der Waals surface area (Å²) < 4.78 is 10.2. The molecule has 29 heavy (non-hydrogen) atoms. The van der Waals surface area contributed by atoms with Crippen LogP contribution in [0.5, 0.6) is 0 Å². The monoisotopic (exact) mass is 414 g/mol. The highest BCUT2D eigenvalue weighted by atomic mass is 32.2. The van der Waals surface area contributed by atoms with Crippen molar-refractivity contribution < 1.29 is 23.9 Å². The number of hydrogen-bond acceptors (Lipinski definition) is 7. The van der Waals surface area contributed by atoms with Crippen molar-refractivity contribution in [2.24, 2.45) is 0 Å². The molecule has 4 rings (SSSR count). The van der Waals surface area contributed by atoms with Gasteiger partial charge in [0, 0.05) is 29.9 Å². The van der Waals surface area contributed by atoms with Gasteiger partial charge in [-0.25, -0.2) is 4.79 Å². The molecule has 2 aliphatic rings. The van der Waals surface area contributed by atoms with Gasteiger partial charge in [0.2, 0.25) is 0 Å². The fourth-order valence-electron chi connectivity index (χ4n) is 3.88. The maximum Gasteiger partial charge on any atom is 0.339 e. The van der Waals surface area contributed by atoms with E-state index < -0.39 is 11.2 Å². The second-order valence-electron chi connectivity index (χ2n) is 7.08. The summed E-state index contributed by atoms with van der Waals surface area (Å²) in [5, 5.41) is 0.353. The van der Waals surface area contributed by atoms with E-state index in [9.17, 15) is 14.4 Å². The van der Waals surface area contributed by atoms with Crippen LogP contribution in [0.3, 0.4) is 0 Å². The fourth-order valence-corrected chi connectivity index (χ4v) is 5.01. The maximum absolute atomic E-state index is 12.9. The molecule has 8 heteroatoms. The molecule has 0 saturated carbocycles. The number of carbonyl (C=O) groups is 3. The number of ether oxygens (including phenoxy) is 2. The number of thioether (sulfide) groups is 1. The Hall–Kier alpha value is -2.61. The van der Waals surface area contributed by atoms with Crippen LogP contribution in [0.25, 0.3) is 10.9 Å². The first-order valence-corrected chi connectivity index (χ1v) is 10.7. The molecule has 2 aromatic rings. The fraction of sp³-hybridized carbons (Fsp3) is 0.429. The number of benzene rings is 1. The van der Waals surface area contributed by atoms with Gasteiger partial charge >= 0.3 is 11.9 Å². The number of nitrogens with zero attached hydrogens (tertiary/aromatic N) is 2. The zero-order chi connectivity index (χ0) is 20.4. The number of fused-ring (bicyclic) bond motifs is 2. The van der Waals surface area contributed by atoms with Crippen molar-refractivity contribution in [1.29, 1.82) is 0 Å². The first kappa shape index (κ1) is 19.7. The topological polar surface area (TPSA) is 85.8 Å². The molecule has 1 aromatic heterocycles. The molecule has 0 N–H and O–H groups in total. The van der Waals surface area contributed by atoms with Gasteiger partial charge in [0.05, 0.1) is 18.2 Å². The second-order valence-corrected chi connectivity index (χ2v) is 8.39. The van der Waals surface area contributed by atoms with Crippen LogP contribution in [0.1, 0.15) is 28.0 Å². The number of esters is 2. The van der Waals surface area contributed by atoms with Gasteiger partial charge in [-0.15, -0.1) is 11.8 Å². The minimum Gasteiger partial charge on any atom is -0.468 e. The Morgan fingerprint density at radius 3 is 2.90 bits per heavy atom. The van der Waals surface area contributed by atoms with Gasteiger partial charge in [-0.05, 0) is 30.9 Å². The van der Waals surface area contributed by atoms with E-state index in [4.69, 9.17) is 9.47 Å². The summed E-state index contributed by atoms with van der Waals surface area (Å²) in [5.41, 5.74) is 3.16. The summed E-state index contributed by atoms with van der Waals surface area (Å²) in [5.74, 6) is -0.501. The van der Waals surface area contributed by atoms with Crippen LogP contribution < -0.4 is 0 Å². The smallest absolute Gasteiger partial charge is 0.339 e. The zero-order valence-electron chi connectivity index (χ0n) is 16.2. The molecule has 2 heterocycles. The van der Waals surface area contributed by atoms with Gasteiger partial charge in [0.25, 0.3) is 5.91 Å². The minimum atomic E-state index is -0.494. The molecule has 1 fully saturated rings. The van der Waals surface area contributed by atoms with Crippen LogP contribution in [0, 0.1) is 0 Å². The summed E-state index contributed by atoms with van der Waals surface area (Å²) in [6, 6.07) is 7.50. The Morgan fingerprint density at radius 1 is 1.24 bits per heavy atom. The molecule has 1 aliphatic heterocycles. The number of methoxy groups -OCH3 is 1. The first-order chi connectivity index (χ1) is 14.1. The molecule has 152 valence electrons. The molecule has 1 amide bonds. The van der Waals surface area contributed by atoms with Crippen LogP contribution in [-0.2, 0) is 31.9 Å². The lowest BCUT2D eigenvalue weighted by Crippen LogP contribution is -2.46. The van der Waals surface area contributed by atoms with E-state index in [1.54, 1.807) is 4.90 Å². The summed E-state index contributed by atoms with van der Waals surface area (Å²) in [4.78, 5) is 43.5. The zero-order valence-corrected chi connectivity index (χ0v) is 17.0. The van der Waals surface area contributed by atoms with E-state index in [0.29, 0.717) is 17.9 Å². The van der Waals surface area contributed by atoms with E-state index in [0.717, 1.165) is 41.4 Å². The van der Waals surface area contributed by atoms with Gasteiger partial charge in [-0.2, -0.15) is 0 Å². The van der Waals surface area contributed by atoms with E-state index in [1.807, 2.05) is 24.3 Å². The van der Waals surface area contributed by atoms with Crippen molar-refractivity contribution in [3.8, 4) is 0 Å². The van der Waals surface area contributed by atoms with Crippen LogP contribution in [0.15, 0.2) is 24.3 Å². The first-order valence-electron chi connectivity index (χ1n) is 9.63. The number of rotatable bonds is 4. The SMILES string of the molecule is COC(=O)[C@@H]1CN(C(=O)COC(=O)c2c3c(nc4ccccc24)CCC3)CCS1. The van der Waals surface area contributed by atoms with Crippen molar-refractivity contribution in [2.45, 2.75) is 24.5 Å². The molecule has 1 aromatic carbocycles. The van der Waals surface area contributed by atoms with Crippen LogP contribution in [-0.4, -0.2) is 65.5 Å². The number of para-hydroxylation sites is 1. The summed E-state index contributed by atoms with van der Waals surface area (Å²) in [7, 11) is 1.34. The van der Waals surface area contributed by atoms with E-state index >= 15 is 0 Å². The Labute approximate surface area is 172 Å². The highest BCUT2D eigenvalue weighted by molar-refractivity contribution is 8.00. The number of aryl methyl sites for hydroxylation is 1. The number of pyridine rings is 1. The van der Waals surface area contributed by atoms with Crippen molar-refractivity contribution in [3.63, 3.8) is 0 Å². The average molecular weight is 414 g/mol. The quantitative estimate of drug-likeness (QED) is 0.708. The van der Waals surface area contributed by atoms with Crippen molar-refractivity contribution in [2.75, 3.05) is 32.6 Å². The van der Waals surface area contributed by atoms with Gasteiger partial charge in [-0.1, -0.05) is 18.2 Å². The average Bonchev–Trinajstić information content (AvgIpc) is 3.23. The number of amides is 1. The van der Waals surface area contributed by atoms with Crippen molar-refractivity contribution in [1.82, 2.24) is 9.88 Å². The Bertz CT molecular complexity index is 977. The van der Waals surface area contributed by atoms with Crippen molar-refractivity contribution >= 4 is 40.5 Å².